The molecule has 0 radical (unpaired) electrons. The van der Waals surface area contributed by atoms with Crippen molar-refractivity contribution in [3.63, 3.8) is 0 Å². The molecule has 7 heteroatoms. The van der Waals surface area contributed by atoms with Gasteiger partial charge in [-0.25, -0.2) is 0 Å². The zero-order valence-electron chi connectivity index (χ0n) is 11.3. The molecule has 1 fully saturated rings. The molecule has 110 valence electrons. The SMILES string of the molecule is Clc1cc(CNC2(c3ncon3)CC2)cc2c1OCCO2. The highest BCUT2D eigenvalue weighted by molar-refractivity contribution is 6.32. The first-order valence-corrected chi connectivity index (χ1v) is 7.25. The van der Waals surface area contributed by atoms with Gasteiger partial charge in [-0.15, -0.1) is 0 Å². The van der Waals surface area contributed by atoms with Crippen molar-refractivity contribution in [2.75, 3.05) is 13.2 Å². The summed E-state index contributed by atoms with van der Waals surface area (Å²) in [5.41, 5.74) is 0.881. The maximum Gasteiger partial charge on any atom is 0.213 e. The van der Waals surface area contributed by atoms with Gasteiger partial charge in [0.1, 0.15) is 13.2 Å². The van der Waals surface area contributed by atoms with Gasteiger partial charge in [-0.2, -0.15) is 4.98 Å². The third-order valence-electron chi connectivity index (χ3n) is 3.83. The summed E-state index contributed by atoms with van der Waals surface area (Å²) < 4.78 is 15.9. The Morgan fingerprint density at radius 1 is 1.24 bits per heavy atom. The van der Waals surface area contributed by atoms with Crippen molar-refractivity contribution in [3.8, 4) is 11.5 Å². The van der Waals surface area contributed by atoms with Crippen LogP contribution in [0.2, 0.25) is 5.02 Å². The van der Waals surface area contributed by atoms with Gasteiger partial charge < -0.3 is 19.3 Å². The lowest BCUT2D eigenvalue weighted by Crippen LogP contribution is -2.29. The highest BCUT2D eigenvalue weighted by atomic mass is 35.5. The second-order valence-corrected chi connectivity index (χ2v) is 5.70. The first-order chi connectivity index (χ1) is 10.3. The fraction of sp³-hybridized carbons (Fsp3) is 0.429. The van der Waals surface area contributed by atoms with Crippen LogP contribution < -0.4 is 14.8 Å². The van der Waals surface area contributed by atoms with E-state index in [1.165, 1.54) is 6.39 Å². The fourth-order valence-corrected chi connectivity index (χ4v) is 2.81. The van der Waals surface area contributed by atoms with Gasteiger partial charge >= 0.3 is 0 Å². The summed E-state index contributed by atoms with van der Waals surface area (Å²) in [5.74, 6) is 2.05. The molecule has 0 bridgehead atoms. The Balaban J connectivity index is 1.52. The van der Waals surface area contributed by atoms with E-state index in [0.717, 1.165) is 18.4 Å². The molecule has 0 spiro atoms. The van der Waals surface area contributed by atoms with E-state index in [4.69, 9.17) is 25.6 Å². The van der Waals surface area contributed by atoms with Gasteiger partial charge in [0.2, 0.25) is 6.39 Å². The van der Waals surface area contributed by atoms with Gasteiger partial charge in [-0.1, -0.05) is 16.8 Å². The minimum Gasteiger partial charge on any atom is -0.486 e. The van der Waals surface area contributed by atoms with Crippen molar-refractivity contribution in [1.29, 1.82) is 0 Å². The Hall–Kier alpha value is -1.79. The Kier molecular flexibility index (Phi) is 3.01. The van der Waals surface area contributed by atoms with E-state index >= 15 is 0 Å². The lowest BCUT2D eigenvalue weighted by Gasteiger charge is -2.21. The van der Waals surface area contributed by atoms with Gasteiger partial charge in [-0.3, -0.25) is 0 Å². The summed E-state index contributed by atoms with van der Waals surface area (Å²) in [6.07, 6.45) is 3.37. The molecule has 1 aromatic heterocycles. The molecule has 2 aromatic rings. The first kappa shape index (κ1) is 12.9. The molecule has 1 aliphatic heterocycles. The van der Waals surface area contributed by atoms with Crippen LogP contribution in [0.1, 0.15) is 24.2 Å². The van der Waals surface area contributed by atoms with E-state index in [9.17, 15) is 0 Å². The number of benzene rings is 1. The fourth-order valence-electron chi connectivity index (χ4n) is 2.52. The maximum atomic E-state index is 6.24. The average Bonchev–Trinajstić information content (AvgIpc) is 3.08. The molecule has 1 saturated carbocycles. The third kappa shape index (κ3) is 2.34. The number of hydrogen-bond acceptors (Lipinski definition) is 6. The van der Waals surface area contributed by atoms with Crippen LogP contribution in [0.5, 0.6) is 11.5 Å². The van der Waals surface area contributed by atoms with Gasteiger partial charge in [0.25, 0.3) is 0 Å². The molecule has 0 saturated heterocycles. The van der Waals surface area contributed by atoms with Crippen molar-refractivity contribution < 1.29 is 14.0 Å². The average molecular weight is 308 g/mol. The molecule has 21 heavy (non-hydrogen) atoms. The molecule has 2 aliphatic rings. The number of hydrogen-bond donors (Lipinski definition) is 1. The molecule has 2 heterocycles. The van der Waals surface area contributed by atoms with Crippen LogP contribution >= 0.6 is 11.6 Å². The van der Waals surface area contributed by atoms with Crippen LogP contribution in [0.4, 0.5) is 0 Å². The standard InChI is InChI=1S/C14H14ClN3O3/c15-10-5-9(6-11-12(10)20-4-3-19-11)7-17-14(1-2-14)13-16-8-21-18-13/h5-6,8,17H,1-4,7H2. The molecule has 4 rings (SSSR count). The van der Waals surface area contributed by atoms with Crippen molar-refractivity contribution in [2.24, 2.45) is 0 Å². The third-order valence-corrected chi connectivity index (χ3v) is 4.11. The monoisotopic (exact) mass is 307 g/mol. The molecule has 0 atom stereocenters. The minimum atomic E-state index is -0.160. The molecular formula is C14H14ClN3O3. The van der Waals surface area contributed by atoms with E-state index in [2.05, 4.69) is 15.5 Å². The van der Waals surface area contributed by atoms with E-state index in [1.54, 1.807) is 0 Å². The zero-order valence-corrected chi connectivity index (χ0v) is 12.0. The summed E-state index contributed by atoms with van der Waals surface area (Å²) in [6.45, 7) is 1.74. The first-order valence-electron chi connectivity index (χ1n) is 6.87. The number of aromatic nitrogens is 2. The van der Waals surface area contributed by atoms with Crippen LogP contribution in [0, 0.1) is 0 Å². The molecule has 6 nitrogen and oxygen atoms in total. The summed E-state index contributed by atoms with van der Waals surface area (Å²) in [7, 11) is 0. The second-order valence-electron chi connectivity index (χ2n) is 5.29. The Morgan fingerprint density at radius 3 is 2.86 bits per heavy atom. The van der Waals surface area contributed by atoms with Gasteiger partial charge in [0.15, 0.2) is 17.3 Å². The zero-order chi connectivity index (χ0) is 14.3. The predicted octanol–water partition coefficient (Wildman–Crippen LogP) is 2.27. The van der Waals surface area contributed by atoms with E-state index in [0.29, 0.717) is 42.1 Å². The Bertz CT molecular complexity index is 656. The summed E-state index contributed by atoms with van der Waals surface area (Å²) >= 11 is 6.24. The largest absolute Gasteiger partial charge is 0.486 e. The molecule has 0 unspecified atom stereocenters. The molecule has 1 N–H and O–H groups in total. The number of ether oxygens (including phenoxy) is 2. The second kappa shape index (κ2) is 4.89. The van der Waals surface area contributed by atoms with Gasteiger partial charge in [0.05, 0.1) is 10.6 Å². The predicted molar refractivity (Wildman–Crippen MR) is 74.5 cm³/mol. The van der Waals surface area contributed by atoms with E-state index in [-0.39, 0.29) is 5.54 Å². The highest BCUT2D eigenvalue weighted by Crippen LogP contribution is 2.44. The van der Waals surface area contributed by atoms with Gasteiger partial charge in [0, 0.05) is 6.54 Å². The Labute approximate surface area is 126 Å². The van der Waals surface area contributed by atoms with Crippen LogP contribution in [-0.2, 0) is 12.1 Å². The maximum absolute atomic E-state index is 6.24. The molecule has 1 aromatic carbocycles. The molecule has 0 amide bonds. The van der Waals surface area contributed by atoms with Crippen LogP contribution in [0.3, 0.4) is 0 Å². The van der Waals surface area contributed by atoms with Crippen molar-refractivity contribution in [2.45, 2.75) is 24.9 Å². The van der Waals surface area contributed by atoms with E-state index in [1.807, 2.05) is 12.1 Å². The lowest BCUT2D eigenvalue weighted by molar-refractivity contribution is 0.171. The Morgan fingerprint density at radius 2 is 2.10 bits per heavy atom. The lowest BCUT2D eigenvalue weighted by atomic mass is 10.1. The number of fused-ring (bicyclic) bond motifs is 1. The van der Waals surface area contributed by atoms with Crippen LogP contribution in [-0.4, -0.2) is 23.4 Å². The topological polar surface area (TPSA) is 69.4 Å². The molecular weight excluding hydrogens is 294 g/mol. The van der Waals surface area contributed by atoms with Crippen LogP contribution in [0.25, 0.3) is 0 Å². The van der Waals surface area contributed by atoms with Crippen molar-refractivity contribution >= 4 is 11.6 Å². The quantitative estimate of drug-likeness (QED) is 0.934. The van der Waals surface area contributed by atoms with Crippen LogP contribution in [0.15, 0.2) is 23.0 Å². The number of rotatable bonds is 4. The number of halogens is 1. The minimum absolute atomic E-state index is 0.160. The number of nitrogens with one attached hydrogen (secondary N) is 1. The molecule has 1 aliphatic carbocycles. The highest BCUT2D eigenvalue weighted by Gasteiger charge is 2.47. The summed E-state index contributed by atoms with van der Waals surface area (Å²) in [4.78, 5) is 4.14. The number of nitrogens with zero attached hydrogens (tertiary/aromatic N) is 2. The summed E-state index contributed by atoms with van der Waals surface area (Å²) in [5, 5.41) is 7.99. The normalized spacial score (nSPS) is 18.5. The summed E-state index contributed by atoms with van der Waals surface area (Å²) in [6, 6.07) is 3.86. The van der Waals surface area contributed by atoms with Crippen molar-refractivity contribution in [1.82, 2.24) is 15.5 Å². The van der Waals surface area contributed by atoms with E-state index < -0.39 is 0 Å². The smallest absolute Gasteiger partial charge is 0.213 e. The van der Waals surface area contributed by atoms with Crippen molar-refractivity contribution in [3.05, 3.63) is 34.9 Å². The van der Waals surface area contributed by atoms with Gasteiger partial charge in [-0.05, 0) is 30.5 Å².